The van der Waals surface area contributed by atoms with Gasteiger partial charge in [-0.15, -0.1) is 0 Å². The fourth-order valence-corrected chi connectivity index (χ4v) is 2.89. The molecule has 0 aliphatic carbocycles. The quantitative estimate of drug-likeness (QED) is 0.784. The van der Waals surface area contributed by atoms with E-state index in [1.807, 2.05) is 27.7 Å². The van der Waals surface area contributed by atoms with E-state index < -0.39 is 9.05 Å². The van der Waals surface area contributed by atoms with E-state index in [4.69, 9.17) is 10.7 Å². The number of hydrogen-bond acceptors (Lipinski definition) is 3. The summed E-state index contributed by atoms with van der Waals surface area (Å²) in [5, 5.41) is 0. The first kappa shape index (κ1) is 17.0. The molecule has 0 bridgehead atoms. The van der Waals surface area contributed by atoms with E-state index >= 15 is 0 Å². The Labute approximate surface area is 125 Å². The maximum Gasteiger partial charge on any atom is 0.261 e. The zero-order valence-corrected chi connectivity index (χ0v) is 13.8. The van der Waals surface area contributed by atoms with Gasteiger partial charge in [-0.3, -0.25) is 4.79 Å². The minimum absolute atomic E-state index is 0.0421. The van der Waals surface area contributed by atoms with Crippen molar-refractivity contribution in [1.29, 1.82) is 0 Å². The Morgan fingerprint density at radius 1 is 1.30 bits per heavy atom. The fraction of sp³-hybridized carbons (Fsp3) is 0.500. The highest BCUT2D eigenvalue weighted by molar-refractivity contribution is 8.13. The first-order valence-electron chi connectivity index (χ1n) is 6.60. The van der Waals surface area contributed by atoms with E-state index in [1.165, 1.54) is 12.1 Å². The Morgan fingerprint density at radius 3 is 2.30 bits per heavy atom. The lowest BCUT2D eigenvalue weighted by atomic mass is 10.0. The van der Waals surface area contributed by atoms with Gasteiger partial charge in [0, 0.05) is 28.8 Å². The van der Waals surface area contributed by atoms with Crippen molar-refractivity contribution in [3.8, 4) is 0 Å². The molecule has 0 N–H and O–H groups in total. The highest BCUT2D eigenvalue weighted by atomic mass is 35.7. The van der Waals surface area contributed by atoms with Crippen LogP contribution < -0.4 is 0 Å². The van der Waals surface area contributed by atoms with Gasteiger partial charge in [0.15, 0.2) is 0 Å². The van der Waals surface area contributed by atoms with Gasteiger partial charge in [0.1, 0.15) is 0 Å². The van der Waals surface area contributed by atoms with Crippen molar-refractivity contribution < 1.29 is 13.2 Å². The summed E-state index contributed by atoms with van der Waals surface area (Å²) >= 11 is 0. The van der Waals surface area contributed by atoms with Crippen molar-refractivity contribution in [3.63, 3.8) is 0 Å². The highest BCUT2D eigenvalue weighted by Gasteiger charge is 2.22. The van der Waals surface area contributed by atoms with E-state index in [0.717, 1.165) is 5.56 Å². The molecule has 0 saturated carbocycles. The molecule has 112 valence electrons. The van der Waals surface area contributed by atoms with Crippen molar-refractivity contribution >= 4 is 25.6 Å². The summed E-state index contributed by atoms with van der Waals surface area (Å²) in [6.45, 7) is 8.24. The Kier molecular flexibility index (Phi) is 5.59. The van der Waals surface area contributed by atoms with E-state index in [0.29, 0.717) is 18.5 Å². The first-order valence-corrected chi connectivity index (χ1v) is 8.91. The first-order chi connectivity index (χ1) is 9.22. The Hall–Kier alpha value is -1.07. The van der Waals surface area contributed by atoms with Crippen LogP contribution in [0.2, 0.25) is 0 Å². The van der Waals surface area contributed by atoms with Crippen molar-refractivity contribution in [1.82, 2.24) is 4.90 Å². The molecule has 0 aromatic heterocycles. The lowest BCUT2D eigenvalue weighted by Crippen LogP contribution is -2.37. The summed E-state index contributed by atoms with van der Waals surface area (Å²) in [5.74, 6) is -0.165. The summed E-state index contributed by atoms with van der Waals surface area (Å²) < 4.78 is 22.8. The number of benzene rings is 1. The SMILES string of the molecule is CCc1ccc(S(=O)(=O)Cl)cc1C(=O)N(CC)C(C)C. The highest BCUT2D eigenvalue weighted by Crippen LogP contribution is 2.22. The standard InChI is InChI=1S/C14H20ClNO3S/c1-5-11-7-8-12(20(15,18)19)9-13(11)14(17)16(6-2)10(3)4/h7-10H,5-6H2,1-4H3. The molecule has 0 saturated heterocycles. The number of amides is 1. The van der Waals surface area contributed by atoms with Gasteiger partial charge in [0.05, 0.1) is 4.90 Å². The summed E-state index contributed by atoms with van der Waals surface area (Å²) in [7, 11) is 1.52. The molecule has 20 heavy (non-hydrogen) atoms. The molecule has 0 aliphatic heterocycles. The molecule has 0 unspecified atom stereocenters. The molecule has 0 spiro atoms. The number of carbonyl (C=O) groups is 1. The molecule has 1 aromatic rings. The number of rotatable bonds is 5. The normalized spacial score (nSPS) is 11.7. The van der Waals surface area contributed by atoms with Crippen LogP contribution in [0.3, 0.4) is 0 Å². The van der Waals surface area contributed by atoms with E-state index in [1.54, 1.807) is 11.0 Å². The van der Waals surface area contributed by atoms with Crippen LogP contribution in [0.4, 0.5) is 0 Å². The third kappa shape index (κ3) is 3.73. The molecule has 0 radical (unpaired) electrons. The maximum atomic E-state index is 12.6. The number of nitrogens with zero attached hydrogens (tertiary/aromatic N) is 1. The third-order valence-electron chi connectivity index (χ3n) is 3.20. The second-order valence-corrected chi connectivity index (χ2v) is 7.36. The second kappa shape index (κ2) is 6.59. The van der Waals surface area contributed by atoms with Crippen LogP contribution in [-0.2, 0) is 15.5 Å². The van der Waals surface area contributed by atoms with Gasteiger partial charge in [-0.25, -0.2) is 8.42 Å². The molecule has 1 rings (SSSR count). The lowest BCUT2D eigenvalue weighted by Gasteiger charge is -2.26. The molecular formula is C14H20ClNO3S. The topological polar surface area (TPSA) is 54.5 Å². The monoisotopic (exact) mass is 317 g/mol. The maximum absolute atomic E-state index is 12.6. The van der Waals surface area contributed by atoms with Crippen LogP contribution in [0.1, 0.15) is 43.6 Å². The van der Waals surface area contributed by atoms with Gasteiger partial charge < -0.3 is 4.90 Å². The van der Waals surface area contributed by atoms with Crippen LogP contribution in [-0.4, -0.2) is 31.8 Å². The summed E-state index contributed by atoms with van der Waals surface area (Å²) in [6.07, 6.45) is 0.652. The van der Waals surface area contributed by atoms with Crippen molar-refractivity contribution in [3.05, 3.63) is 29.3 Å². The van der Waals surface area contributed by atoms with Gasteiger partial charge in [-0.2, -0.15) is 0 Å². The summed E-state index contributed by atoms with van der Waals surface area (Å²) in [6, 6.07) is 4.50. The Bertz CT molecular complexity index is 596. The van der Waals surface area contributed by atoms with Crippen LogP contribution >= 0.6 is 10.7 Å². The van der Waals surface area contributed by atoms with Gasteiger partial charge in [-0.05, 0) is 44.9 Å². The average Bonchev–Trinajstić information content (AvgIpc) is 2.37. The predicted molar refractivity (Wildman–Crippen MR) is 80.7 cm³/mol. The minimum atomic E-state index is -3.84. The van der Waals surface area contributed by atoms with E-state index in [-0.39, 0.29) is 16.8 Å². The number of hydrogen-bond donors (Lipinski definition) is 0. The molecule has 4 nitrogen and oxygen atoms in total. The van der Waals surface area contributed by atoms with Crippen LogP contribution in [0.5, 0.6) is 0 Å². The zero-order chi connectivity index (χ0) is 15.5. The van der Waals surface area contributed by atoms with Crippen LogP contribution in [0.25, 0.3) is 0 Å². The summed E-state index contributed by atoms with van der Waals surface area (Å²) in [5.41, 5.74) is 1.22. The van der Waals surface area contributed by atoms with Gasteiger partial charge >= 0.3 is 0 Å². The van der Waals surface area contributed by atoms with Gasteiger partial charge in [0.25, 0.3) is 15.0 Å². The van der Waals surface area contributed by atoms with Crippen molar-refractivity contribution in [2.24, 2.45) is 0 Å². The number of halogens is 1. The second-order valence-electron chi connectivity index (χ2n) is 4.80. The van der Waals surface area contributed by atoms with Gasteiger partial charge in [-0.1, -0.05) is 13.0 Å². The Morgan fingerprint density at radius 2 is 1.90 bits per heavy atom. The summed E-state index contributed by atoms with van der Waals surface area (Å²) in [4.78, 5) is 14.2. The third-order valence-corrected chi connectivity index (χ3v) is 4.55. The fourth-order valence-electron chi connectivity index (χ4n) is 2.11. The molecule has 0 heterocycles. The smallest absolute Gasteiger partial charge is 0.261 e. The average molecular weight is 318 g/mol. The number of carbonyl (C=O) groups excluding carboxylic acids is 1. The lowest BCUT2D eigenvalue weighted by molar-refractivity contribution is 0.0715. The molecule has 1 amide bonds. The largest absolute Gasteiger partial charge is 0.336 e. The molecule has 0 aliphatic rings. The Balaban J connectivity index is 3.37. The molecular weight excluding hydrogens is 298 g/mol. The zero-order valence-electron chi connectivity index (χ0n) is 12.2. The van der Waals surface area contributed by atoms with Crippen LogP contribution in [0.15, 0.2) is 23.1 Å². The minimum Gasteiger partial charge on any atom is -0.336 e. The van der Waals surface area contributed by atoms with Crippen molar-refractivity contribution in [2.75, 3.05) is 6.54 Å². The molecule has 0 fully saturated rings. The molecule has 1 aromatic carbocycles. The van der Waals surface area contributed by atoms with Gasteiger partial charge in [0.2, 0.25) is 0 Å². The molecule has 6 heteroatoms. The van der Waals surface area contributed by atoms with Crippen LogP contribution in [0, 0.1) is 0 Å². The van der Waals surface area contributed by atoms with E-state index in [9.17, 15) is 13.2 Å². The van der Waals surface area contributed by atoms with Crippen molar-refractivity contribution in [2.45, 2.75) is 45.1 Å². The predicted octanol–water partition coefficient (Wildman–Crippen LogP) is 3.05. The molecule has 0 atom stereocenters. The number of aryl methyl sites for hydroxylation is 1. The van der Waals surface area contributed by atoms with E-state index in [2.05, 4.69) is 0 Å².